The van der Waals surface area contributed by atoms with Crippen LogP contribution in [0.25, 0.3) is 11.1 Å². The summed E-state index contributed by atoms with van der Waals surface area (Å²) < 4.78 is 13.1. The van der Waals surface area contributed by atoms with Gasteiger partial charge in [0.05, 0.1) is 18.8 Å². The monoisotopic (exact) mass is 550 g/mol. The summed E-state index contributed by atoms with van der Waals surface area (Å²) in [6.07, 6.45) is 0.103. The molecule has 0 unspecified atom stereocenters. The van der Waals surface area contributed by atoms with Crippen LogP contribution in [-0.4, -0.2) is 35.6 Å². The fourth-order valence-corrected chi connectivity index (χ4v) is 5.26. The molecule has 0 spiro atoms. The van der Waals surface area contributed by atoms with Crippen molar-refractivity contribution in [1.29, 1.82) is 0 Å². The Morgan fingerprint density at radius 3 is 2.24 bits per heavy atom. The van der Waals surface area contributed by atoms with Crippen LogP contribution < -0.4 is 5.32 Å². The number of nitrogens with one attached hydrogen (secondary N) is 1. The van der Waals surface area contributed by atoms with Crippen LogP contribution in [0.15, 0.2) is 103 Å². The lowest BCUT2D eigenvalue weighted by Crippen LogP contribution is -2.37. The molecule has 212 valence electrons. The molecule has 0 bridgehead atoms. The Morgan fingerprint density at radius 2 is 1.54 bits per heavy atom. The van der Waals surface area contributed by atoms with Gasteiger partial charge >= 0.3 is 0 Å². The molecule has 4 aromatic carbocycles. The topological polar surface area (TPSA) is 71.0 Å². The average Bonchev–Trinajstić information content (AvgIpc) is 3.00. The summed E-state index contributed by atoms with van der Waals surface area (Å²) in [6.45, 7) is 3.67. The molecule has 1 amide bonds. The maximum atomic E-state index is 11.3. The zero-order valence-electron chi connectivity index (χ0n) is 23.7. The quantitative estimate of drug-likeness (QED) is 0.248. The number of amides is 1. The summed E-state index contributed by atoms with van der Waals surface area (Å²) >= 11 is 0. The van der Waals surface area contributed by atoms with E-state index in [1.165, 1.54) is 12.5 Å². The SMILES string of the molecule is CC(=O)NCc1cccc(-c2ccc([C@H]3O[C@@H](CN(C)Cc4ccccc4)C[C@@H](c4ccc(CO)cc4)O3)cc2)c1. The Morgan fingerprint density at radius 1 is 0.829 bits per heavy atom. The second kappa shape index (κ2) is 13.7. The van der Waals surface area contributed by atoms with Crippen molar-refractivity contribution in [1.82, 2.24) is 10.2 Å². The van der Waals surface area contributed by atoms with Gasteiger partial charge in [-0.2, -0.15) is 0 Å². The number of aliphatic hydroxyl groups is 1. The molecule has 2 N–H and O–H groups in total. The summed E-state index contributed by atoms with van der Waals surface area (Å²) in [5.74, 6) is -0.0422. The van der Waals surface area contributed by atoms with Crippen LogP contribution in [0.2, 0.25) is 0 Å². The first kappa shape index (κ1) is 28.7. The van der Waals surface area contributed by atoms with E-state index in [1.54, 1.807) is 0 Å². The zero-order chi connectivity index (χ0) is 28.6. The van der Waals surface area contributed by atoms with Crippen LogP contribution >= 0.6 is 0 Å². The number of benzene rings is 4. The number of rotatable bonds is 10. The number of aliphatic hydroxyl groups excluding tert-OH is 1. The Labute approximate surface area is 242 Å². The molecule has 1 saturated heterocycles. The number of nitrogens with zero attached hydrogens (tertiary/aromatic N) is 1. The molecule has 0 radical (unpaired) electrons. The van der Waals surface area contributed by atoms with Gasteiger partial charge in [0.15, 0.2) is 6.29 Å². The Balaban J connectivity index is 1.33. The lowest BCUT2D eigenvalue weighted by Gasteiger charge is -2.38. The van der Waals surface area contributed by atoms with E-state index in [-0.39, 0.29) is 24.7 Å². The van der Waals surface area contributed by atoms with Crippen LogP contribution in [0.3, 0.4) is 0 Å². The third-order valence-corrected chi connectivity index (χ3v) is 7.41. The van der Waals surface area contributed by atoms with Gasteiger partial charge in [-0.05, 0) is 46.5 Å². The van der Waals surface area contributed by atoms with E-state index in [4.69, 9.17) is 9.47 Å². The molecule has 6 heteroatoms. The molecular formula is C35H38N2O4. The van der Waals surface area contributed by atoms with E-state index in [2.05, 4.69) is 77.9 Å². The first-order valence-electron chi connectivity index (χ1n) is 14.1. The normalized spacial score (nSPS) is 18.8. The largest absolute Gasteiger partial charge is 0.392 e. The summed E-state index contributed by atoms with van der Waals surface area (Å²) in [6, 6.07) is 35.0. The van der Waals surface area contributed by atoms with Crippen molar-refractivity contribution in [3.8, 4) is 11.1 Å². The van der Waals surface area contributed by atoms with Gasteiger partial charge < -0.3 is 19.9 Å². The van der Waals surface area contributed by atoms with E-state index in [0.717, 1.165) is 52.9 Å². The molecule has 1 aliphatic heterocycles. The first-order valence-corrected chi connectivity index (χ1v) is 14.1. The average molecular weight is 551 g/mol. The predicted octanol–water partition coefficient (Wildman–Crippen LogP) is 6.16. The Kier molecular flexibility index (Phi) is 9.59. The van der Waals surface area contributed by atoms with Crippen molar-refractivity contribution in [2.45, 2.75) is 51.5 Å². The van der Waals surface area contributed by atoms with Crippen molar-refractivity contribution < 1.29 is 19.4 Å². The second-order valence-electron chi connectivity index (χ2n) is 10.8. The molecule has 41 heavy (non-hydrogen) atoms. The summed E-state index contributed by atoms with van der Waals surface area (Å²) in [7, 11) is 2.13. The number of hydrogen-bond acceptors (Lipinski definition) is 5. The van der Waals surface area contributed by atoms with Crippen molar-refractivity contribution >= 4 is 5.91 Å². The van der Waals surface area contributed by atoms with Crippen LogP contribution in [0.1, 0.15) is 53.6 Å². The molecule has 0 saturated carbocycles. The molecule has 1 heterocycles. The predicted molar refractivity (Wildman–Crippen MR) is 161 cm³/mol. The lowest BCUT2D eigenvalue weighted by molar-refractivity contribution is -0.252. The van der Waals surface area contributed by atoms with Gasteiger partial charge in [-0.3, -0.25) is 9.69 Å². The van der Waals surface area contributed by atoms with Crippen LogP contribution in [-0.2, 0) is 34.0 Å². The number of ether oxygens (including phenoxy) is 2. The summed E-state index contributed by atoms with van der Waals surface area (Å²) in [4.78, 5) is 13.6. The molecule has 0 aromatic heterocycles. The van der Waals surface area contributed by atoms with Gasteiger partial charge in [-0.15, -0.1) is 0 Å². The minimum Gasteiger partial charge on any atom is -0.392 e. The van der Waals surface area contributed by atoms with E-state index in [9.17, 15) is 9.90 Å². The highest BCUT2D eigenvalue weighted by Crippen LogP contribution is 2.38. The minimum absolute atomic E-state index is 0.0184. The molecule has 5 rings (SSSR count). The maximum absolute atomic E-state index is 11.3. The zero-order valence-corrected chi connectivity index (χ0v) is 23.7. The fourth-order valence-electron chi connectivity index (χ4n) is 5.26. The third-order valence-electron chi connectivity index (χ3n) is 7.41. The Hall–Kier alpha value is -3.81. The highest BCUT2D eigenvalue weighted by molar-refractivity contribution is 5.73. The van der Waals surface area contributed by atoms with E-state index >= 15 is 0 Å². The first-order chi connectivity index (χ1) is 20.0. The number of carbonyl (C=O) groups excluding carboxylic acids is 1. The molecule has 3 atom stereocenters. The van der Waals surface area contributed by atoms with Crippen molar-refractivity contribution in [2.75, 3.05) is 13.6 Å². The van der Waals surface area contributed by atoms with Crippen molar-refractivity contribution in [3.05, 3.63) is 131 Å². The number of likely N-dealkylation sites (N-methyl/N-ethyl adjacent to an activating group) is 1. The molecule has 0 aliphatic carbocycles. The van der Waals surface area contributed by atoms with Gasteiger partial charge in [-0.25, -0.2) is 0 Å². The van der Waals surface area contributed by atoms with Crippen molar-refractivity contribution in [3.63, 3.8) is 0 Å². The summed E-state index contributed by atoms with van der Waals surface area (Å²) in [5, 5.41) is 12.3. The van der Waals surface area contributed by atoms with Gasteiger partial charge in [0, 0.05) is 38.5 Å². The molecule has 4 aromatic rings. The highest BCUT2D eigenvalue weighted by atomic mass is 16.7. The standard InChI is InChI=1S/C35H38N2O4/c1-25(39)36-21-28-9-6-10-32(19-28)29-15-17-31(18-16-29)35-40-33(23-37(2)22-26-7-4-3-5-8-26)20-34(41-35)30-13-11-27(24-38)12-14-30/h3-19,33-35,38H,20-24H2,1-2H3,(H,36,39)/t33-,34+,35+/m1/s1. The Bertz CT molecular complexity index is 1410. The van der Waals surface area contributed by atoms with Crippen LogP contribution in [0.4, 0.5) is 0 Å². The van der Waals surface area contributed by atoms with Crippen LogP contribution in [0.5, 0.6) is 0 Å². The van der Waals surface area contributed by atoms with Gasteiger partial charge in [-0.1, -0.05) is 97.1 Å². The molecule has 6 nitrogen and oxygen atoms in total. The van der Waals surface area contributed by atoms with Crippen molar-refractivity contribution in [2.24, 2.45) is 0 Å². The number of carbonyl (C=O) groups is 1. The van der Waals surface area contributed by atoms with E-state index in [1.807, 2.05) is 42.5 Å². The minimum atomic E-state index is -0.499. The van der Waals surface area contributed by atoms with E-state index in [0.29, 0.717) is 6.54 Å². The van der Waals surface area contributed by atoms with Crippen LogP contribution in [0, 0.1) is 0 Å². The van der Waals surface area contributed by atoms with Gasteiger partial charge in [0.1, 0.15) is 0 Å². The van der Waals surface area contributed by atoms with Gasteiger partial charge in [0.2, 0.25) is 5.91 Å². The van der Waals surface area contributed by atoms with E-state index < -0.39 is 6.29 Å². The van der Waals surface area contributed by atoms with Gasteiger partial charge in [0.25, 0.3) is 0 Å². The lowest BCUT2D eigenvalue weighted by atomic mass is 9.99. The third kappa shape index (κ3) is 7.90. The maximum Gasteiger partial charge on any atom is 0.217 e. The highest BCUT2D eigenvalue weighted by Gasteiger charge is 2.32. The molecule has 1 aliphatic rings. The fraction of sp³-hybridized carbons (Fsp3) is 0.286. The summed E-state index contributed by atoms with van der Waals surface area (Å²) in [5.41, 5.74) is 7.43. The smallest absolute Gasteiger partial charge is 0.217 e. The number of hydrogen-bond donors (Lipinski definition) is 2. The second-order valence-corrected chi connectivity index (χ2v) is 10.8. The molecule has 1 fully saturated rings. The molecular weight excluding hydrogens is 512 g/mol.